The third-order valence-corrected chi connectivity index (χ3v) is 5.14. The molecule has 3 aromatic rings. The van der Waals surface area contributed by atoms with Crippen molar-refractivity contribution in [3.05, 3.63) is 75.7 Å². The second-order valence-corrected chi connectivity index (χ2v) is 7.79. The molecule has 0 bridgehead atoms. The number of benzene rings is 2. The Hall–Kier alpha value is -3.69. The Morgan fingerprint density at radius 1 is 1.15 bits per heavy atom. The number of carbonyl (C=O) groups excluding carboxylic acids is 1. The molecular weight excluding hydrogens is 449 g/mol. The van der Waals surface area contributed by atoms with Crippen molar-refractivity contribution < 1.29 is 22.7 Å². The fourth-order valence-corrected chi connectivity index (χ4v) is 3.04. The van der Waals surface area contributed by atoms with Gasteiger partial charge in [0.25, 0.3) is 5.56 Å². The number of nitrogens with one attached hydrogen (secondary N) is 2. The summed E-state index contributed by atoms with van der Waals surface area (Å²) in [7, 11) is 0. The van der Waals surface area contributed by atoms with E-state index in [0.717, 1.165) is 18.6 Å². The summed E-state index contributed by atoms with van der Waals surface area (Å²) >= 11 is 0. The number of rotatable bonds is 9. The number of nitrogens with zero attached hydrogens (tertiary/aromatic N) is 2. The van der Waals surface area contributed by atoms with Crippen LogP contribution in [-0.4, -0.2) is 27.2 Å². The first-order valence-corrected chi connectivity index (χ1v) is 10.8. The van der Waals surface area contributed by atoms with Gasteiger partial charge in [-0.05, 0) is 55.3 Å². The molecule has 0 fully saturated rings. The van der Waals surface area contributed by atoms with Crippen LogP contribution in [0.5, 0.6) is 5.75 Å². The van der Waals surface area contributed by atoms with Gasteiger partial charge in [0.05, 0.1) is 11.7 Å². The summed E-state index contributed by atoms with van der Waals surface area (Å²) < 4.78 is 44.1. The smallest absolute Gasteiger partial charge is 0.416 e. The summed E-state index contributed by atoms with van der Waals surface area (Å²) in [6.45, 7) is 3.95. The normalized spacial score (nSPS) is 12.3. The van der Waals surface area contributed by atoms with Gasteiger partial charge in [0.1, 0.15) is 11.4 Å². The number of aromatic amines is 1. The quantitative estimate of drug-likeness (QED) is 0.483. The van der Waals surface area contributed by atoms with E-state index in [1.54, 1.807) is 24.3 Å². The first kappa shape index (κ1) is 24.9. The topological polar surface area (TPSA) is 97.0 Å². The maximum Gasteiger partial charge on any atom is 0.416 e. The molecule has 1 aromatic heterocycles. The first-order valence-electron chi connectivity index (χ1n) is 10.8. The number of hydrogen-bond acceptors (Lipinski definition) is 5. The zero-order chi connectivity index (χ0) is 24.7. The number of H-pyrrole nitrogens is 1. The maximum atomic E-state index is 12.8. The number of alkyl halides is 3. The van der Waals surface area contributed by atoms with Crippen LogP contribution in [0.1, 0.15) is 43.5 Å². The molecule has 0 saturated heterocycles. The number of aryl methyl sites for hydroxylation is 1. The van der Waals surface area contributed by atoms with Crippen LogP contribution in [0.2, 0.25) is 0 Å². The van der Waals surface area contributed by atoms with Crippen LogP contribution >= 0.6 is 0 Å². The van der Waals surface area contributed by atoms with E-state index in [1.165, 1.54) is 12.1 Å². The lowest BCUT2D eigenvalue weighted by atomic mass is 10.1. The lowest BCUT2D eigenvalue weighted by Crippen LogP contribution is -2.25. The zero-order valence-electron chi connectivity index (χ0n) is 18.8. The SMILES string of the molecule is CC[C@@H](C)Oc1ccc(-c2nnc(CCC(=O)NCc3cccc(C(F)(F)F)c3)c(=O)[nH]2)cc1. The molecule has 3 rings (SSSR count). The molecule has 0 unspecified atom stereocenters. The van der Waals surface area contributed by atoms with E-state index < -0.39 is 23.2 Å². The van der Waals surface area contributed by atoms with Gasteiger partial charge in [-0.2, -0.15) is 13.2 Å². The van der Waals surface area contributed by atoms with Crippen molar-refractivity contribution in [1.82, 2.24) is 20.5 Å². The Kier molecular flexibility index (Phi) is 8.04. The van der Waals surface area contributed by atoms with Gasteiger partial charge in [-0.1, -0.05) is 19.1 Å². The first-order chi connectivity index (χ1) is 16.2. The number of amides is 1. The van der Waals surface area contributed by atoms with Gasteiger partial charge in [-0.25, -0.2) is 0 Å². The van der Waals surface area contributed by atoms with E-state index in [-0.39, 0.29) is 37.0 Å². The van der Waals surface area contributed by atoms with Crippen LogP contribution in [0, 0.1) is 0 Å². The maximum absolute atomic E-state index is 12.8. The number of carbonyl (C=O) groups is 1. The molecule has 0 aliphatic rings. The lowest BCUT2D eigenvalue weighted by molar-refractivity contribution is -0.137. The highest BCUT2D eigenvalue weighted by molar-refractivity contribution is 5.76. The predicted octanol–water partition coefficient (Wildman–Crippen LogP) is 4.28. The van der Waals surface area contributed by atoms with Crippen LogP contribution < -0.4 is 15.6 Å². The zero-order valence-corrected chi connectivity index (χ0v) is 18.8. The van der Waals surface area contributed by atoms with E-state index in [1.807, 2.05) is 13.8 Å². The Morgan fingerprint density at radius 2 is 1.88 bits per heavy atom. The van der Waals surface area contributed by atoms with Crippen LogP contribution in [0.4, 0.5) is 13.2 Å². The summed E-state index contributed by atoms with van der Waals surface area (Å²) in [5.74, 6) is 0.582. The minimum atomic E-state index is -4.45. The van der Waals surface area contributed by atoms with E-state index >= 15 is 0 Å². The minimum absolute atomic E-state index is 0.0404. The molecule has 2 aromatic carbocycles. The van der Waals surface area contributed by atoms with Gasteiger partial charge in [0.2, 0.25) is 5.91 Å². The molecule has 1 atom stereocenters. The second-order valence-electron chi connectivity index (χ2n) is 7.79. The predicted molar refractivity (Wildman–Crippen MR) is 120 cm³/mol. The van der Waals surface area contributed by atoms with Gasteiger partial charge in [0, 0.05) is 24.9 Å². The number of ether oxygens (including phenoxy) is 1. The minimum Gasteiger partial charge on any atom is -0.491 e. The van der Waals surface area contributed by atoms with Crippen LogP contribution in [-0.2, 0) is 23.9 Å². The summed E-state index contributed by atoms with van der Waals surface area (Å²) in [4.78, 5) is 27.1. The number of halogens is 3. The van der Waals surface area contributed by atoms with Gasteiger partial charge in [-0.3, -0.25) is 9.59 Å². The Bertz CT molecular complexity index is 1180. The fraction of sp³-hybridized carbons (Fsp3) is 0.333. The molecule has 0 aliphatic heterocycles. The Balaban J connectivity index is 1.55. The van der Waals surface area contributed by atoms with Gasteiger partial charge >= 0.3 is 6.18 Å². The van der Waals surface area contributed by atoms with Crippen molar-refractivity contribution in [1.29, 1.82) is 0 Å². The molecule has 0 spiro atoms. The average molecular weight is 474 g/mol. The number of hydrogen-bond donors (Lipinski definition) is 2. The van der Waals surface area contributed by atoms with Crippen molar-refractivity contribution in [3.63, 3.8) is 0 Å². The second kappa shape index (κ2) is 11.0. The third-order valence-electron chi connectivity index (χ3n) is 5.14. The van der Waals surface area contributed by atoms with Crippen molar-refractivity contribution >= 4 is 5.91 Å². The molecule has 10 heteroatoms. The van der Waals surface area contributed by atoms with Gasteiger partial charge in [-0.15, -0.1) is 10.2 Å². The largest absolute Gasteiger partial charge is 0.491 e. The Labute approximate surface area is 194 Å². The lowest BCUT2D eigenvalue weighted by Gasteiger charge is -2.12. The molecule has 0 saturated carbocycles. The highest BCUT2D eigenvalue weighted by atomic mass is 19.4. The summed E-state index contributed by atoms with van der Waals surface area (Å²) in [5, 5.41) is 10.5. The average Bonchev–Trinajstić information content (AvgIpc) is 2.82. The molecule has 0 radical (unpaired) electrons. The Morgan fingerprint density at radius 3 is 2.53 bits per heavy atom. The van der Waals surface area contributed by atoms with Crippen molar-refractivity contribution in [2.24, 2.45) is 0 Å². The molecule has 7 nitrogen and oxygen atoms in total. The van der Waals surface area contributed by atoms with Gasteiger partial charge < -0.3 is 15.0 Å². The molecule has 34 heavy (non-hydrogen) atoms. The highest BCUT2D eigenvalue weighted by Crippen LogP contribution is 2.29. The summed E-state index contributed by atoms with van der Waals surface area (Å²) in [5.41, 5.74) is -0.165. The van der Waals surface area contributed by atoms with E-state index in [0.29, 0.717) is 16.9 Å². The molecule has 180 valence electrons. The van der Waals surface area contributed by atoms with E-state index in [9.17, 15) is 22.8 Å². The van der Waals surface area contributed by atoms with Crippen LogP contribution in [0.15, 0.2) is 53.3 Å². The monoisotopic (exact) mass is 474 g/mol. The summed E-state index contributed by atoms with van der Waals surface area (Å²) in [6, 6.07) is 11.8. The van der Waals surface area contributed by atoms with Crippen molar-refractivity contribution in [2.75, 3.05) is 0 Å². The van der Waals surface area contributed by atoms with Crippen LogP contribution in [0.3, 0.4) is 0 Å². The van der Waals surface area contributed by atoms with E-state index in [2.05, 4.69) is 20.5 Å². The molecule has 1 heterocycles. The number of aromatic nitrogens is 3. The molecular formula is C24H25F3N4O3. The standard InChI is InChI=1S/C24H25F3N4O3/c1-3-15(2)34-19-9-7-17(8-10-19)22-29-23(33)20(30-31-22)11-12-21(32)28-14-16-5-4-6-18(13-16)24(25,26)27/h4-10,13,15H,3,11-12,14H2,1-2H3,(H,28,32)(H,29,31,33)/t15-/m1/s1. The van der Waals surface area contributed by atoms with Crippen molar-refractivity contribution in [3.8, 4) is 17.1 Å². The third kappa shape index (κ3) is 6.90. The van der Waals surface area contributed by atoms with Crippen molar-refractivity contribution in [2.45, 2.75) is 51.9 Å². The van der Waals surface area contributed by atoms with Gasteiger partial charge in [0.15, 0.2) is 5.82 Å². The molecule has 2 N–H and O–H groups in total. The molecule has 0 aliphatic carbocycles. The molecule has 1 amide bonds. The summed E-state index contributed by atoms with van der Waals surface area (Å²) in [6.07, 6.45) is -3.50. The highest BCUT2D eigenvalue weighted by Gasteiger charge is 2.30. The van der Waals surface area contributed by atoms with Crippen LogP contribution in [0.25, 0.3) is 11.4 Å². The van der Waals surface area contributed by atoms with E-state index in [4.69, 9.17) is 4.74 Å². The fourth-order valence-electron chi connectivity index (χ4n) is 3.04.